The molecule has 0 saturated heterocycles. The maximum atomic E-state index is 4.04. The molecule has 1 atom stereocenters. The molecule has 0 amide bonds. The van der Waals surface area contributed by atoms with Gasteiger partial charge in [-0.3, -0.25) is 5.10 Å². The Morgan fingerprint density at radius 1 is 1.29 bits per heavy atom. The quantitative estimate of drug-likeness (QED) is 0.747. The lowest BCUT2D eigenvalue weighted by molar-refractivity contribution is 0.783. The largest absolute Gasteiger partial charge is 0.345 e. The summed E-state index contributed by atoms with van der Waals surface area (Å²) in [5, 5.41) is 9.63. The van der Waals surface area contributed by atoms with Gasteiger partial charge in [0.1, 0.15) is 12.2 Å². The summed E-state index contributed by atoms with van der Waals surface area (Å²) in [5.74, 6) is 1.34. The van der Waals surface area contributed by atoms with E-state index in [4.69, 9.17) is 0 Å². The minimum Gasteiger partial charge on any atom is -0.345 e. The highest BCUT2D eigenvalue weighted by Crippen LogP contribution is 2.10. The zero-order chi connectivity index (χ0) is 9.80. The van der Waals surface area contributed by atoms with Crippen LogP contribution in [0.25, 0.3) is 0 Å². The first-order valence-electron chi connectivity index (χ1n) is 4.25. The summed E-state index contributed by atoms with van der Waals surface area (Å²) in [6.07, 6.45) is 4.84. The second kappa shape index (κ2) is 3.82. The van der Waals surface area contributed by atoms with Crippen molar-refractivity contribution in [2.24, 2.45) is 0 Å². The summed E-state index contributed by atoms with van der Waals surface area (Å²) in [6, 6.07) is 1.78. The molecule has 0 aliphatic heterocycles. The van der Waals surface area contributed by atoms with E-state index in [1.54, 1.807) is 18.5 Å². The lowest BCUT2D eigenvalue weighted by Crippen LogP contribution is -2.10. The van der Waals surface area contributed by atoms with E-state index in [2.05, 4.69) is 30.5 Å². The summed E-state index contributed by atoms with van der Waals surface area (Å²) in [7, 11) is 0. The Morgan fingerprint density at radius 2 is 2.07 bits per heavy atom. The standard InChI is InChI=1S/C8H10N6/c1-6(7-11-5-12-14-7)13-8-9-3-2-4-10-8/h2-6H,1H3,(H,9,10,13)(H,11,12,14). The molecule has 14 heavy (non-hydrogen) atoms. The summed E-state index contributed by atoms with van der Waals surface area (Å²) < 4.78 is 0. The number of H-pyrrole nitrogens is 1. The van der Waals surface area contributed by atoms with Crippen molar-refractivity contribution >= 4 is 5.95 Å². The highest BCUT2D eigenvalue weighted by atomic mass is 15.2. The van der Waals surface area contributed by atoms with E-state index in [1.807, 2.05) is 6.92 Å². The summed E-state index contributed by atoms with van der Waals surface area (Å²) in [6.45, 7) is 1.96. The van der Waals surface area contributed by atoms with E-state index in [1.165, 1.54) is 6.33 Å². The SMILES string of the molecule is CC(Nc1ncccn1)c1ncn[nH]1. The fraction of sp³-hybridized carbons (Fsp3) is 0.250. The van der Waals surface area contributed by atoms with Gasteiger partial charge in [-0.25, -0.2) is 15.0 Å². The monoisotopic (exact) mass is 190 g/mol. The molecule has 6 heteroatoms. The van der Waals surface area contributed by atoms with Gasteiger partial charge in [-0.1, -0.05) is 0 Å². The van der Waals surface area contributed by atoms with Crippen molar-refractivity contribution in [3.63, 3.8) is 0 Å². The number of aromatic nitrogens is 5. The van der Waals surface area contributed by atoms with Gasteiger partial charge in [0.05, 0.1) is 6.04 Å². The van der Waals surface area contributed by atoms with Crippen LogP contribution in [0.5, 0.6) is 0 Å². The number of anilines is 1. The van der Waals surface area contributed by atoms with Gasteiger partial charge in [0.25, 0.3) is 0 Å². The predicted molar refractivity (Wildman–Crippen MR) is 50.5 cm³/mol. The molecule has 0 radical (unpaired) electrons. The lowest BCUT2D eigenvalue weighted by Gasteiger charge is -2.09. The average Bonchev–Trinajstić information content (AvgIpc) is 2.72. The molecule has 0 saturated carbocycles. The molecule has 2 N–H and O–H groups in total. The smallest absolute Gasteiger partial charge is 0.223 e. The molecule has 0 spiro atoms. The Bertz CT molecular complexity index is 370. The van der Waals surface area contributed by atoms with Crippen LogP contribution < -0.4 is 5.32 Å². The first-order valence-corrected chi connectivity index (χ1v) is 4.25. The Hall–Kier alpha value is -1.98. The van der Waals surface area contributed by atoms with Crippen LogP contribution in [0.15, 0.2) is 24.8 Å². The highest BCUT2D eigenvalue weighted by molar-refractivity contribution is 5.25. The Labute approximate surface area is 80.8 Å². The van der Waals surface area contributed by atoms with E-state index in [0.717, 1.165) is 5.82 Å². The number of hydrogen-bond donors (Lipinski definition) is 2. The van der Waals surface area contributed by atoms with E-state index in [9.17, 15) is 0 Å². The fourth-order valence-corrected chi connectivity index (χ4v) is 1.06. The molecule has 0 bridgehead atoms. The molecule has 1 unspecified atom stereocenters. The van der Waals surface area contributed by atoms with Crippen LogP contribution in [-0.2, 0) is 0 Å². The molecule has 0 aliphatic rings. The second-order valence-electron chi connectivity index (χ2n) is 2.81. The molecule has 6 nitrogen and oxygen atoms in total. The zero-order valence-electron chi connectivity index (χ0n) is 7.68. The molecule has 2 heterocycles. The van der Waals surface area contributed by atoms with Crippen molar-refractivity contribution in [3.05, 3.63) is 30.6 Å². The summed E-state index contributed by atoms with van der Waals surface area (Å²) >= 11 is 0. The molecule has 0 fully saturated rings. The normalized spacial score (nSPS) is 12.4. The van der Waals surface area contributed by atoms with Gasteiger partial charge in [0.2, 0.25) is 5.95 Å². The summed E-state index contributed by atoms with van der Waals surface area (Å²) in [5.41, 5.74) is 0. The van der Waals surface area contributed by atoms with Crippen molar-refractivity contribution in [3.8, 4) is 0 Å². The van der Waals surface area contributed by atoms with Gasteiger partial charge < -0.3 is 5.32 Å². The van der Waals surface area contributed by atoms with Gasteiger partial charge in [-0.2, -0.15) is 5.10 Å². The third-order valence-corrected chi connectivity index (χ3v) is 1.76. The van der Waals surface area contributed by atoms with Crippen molar-refractivity contribution < 1.29 is 0 Å². The topological polar surface area (TPSA) is 79.4 Å². The van der Waals surface area contributed by atoms with E-state index in [0.29, 0.717) is 5.95 Å². The molecule has 2 aromatic heterocycles. The van der Waals surface area contributed by atoms with Crippen LogP contribution in [0.4, 0.5) is 5.95 Å². The molecule has 0 aliphatic carbocycles. The molecule has 0 aromatic carbocycles. The first-order chi connectivity index (χ1) is 6.86. The van der Waals surface area contributed by atoms with Crippen molar-refractivity contribution in [1.82, 2.24) is 25.1 Å². The van der Waals surface area contributed by atoms with Crippen LogP contribution in [0.2, 0.25) is 0 Å². The first kappa shape index (κ1) is 8.61. The van der Waals surface area contributed by atoms with Gasteiger partial charge in [-0.15, -0.1) is 0 Å². The molecular weight excluding hydrogens is 180 g/mol. The highest BCUT2D eigenvalue weighted by Gasteiger charge is 2.08. The predicted octanol–water partition coefficient (Wildman–Crippen LogP) is 0.768. The van der Waals surface area contributed by atoms with Crippen LogP contribution >= 0.6 is 0 Å². The minimum atomic E-state index is 0.0138. The number of nitrogens with one attached hydrogen (secondary N) is 2. The van der Waals surface area contributed by atoms with Crippen molar-refractivity contribution in [1.29, 1.82) is 0 Å². The van der Waals surface area contributed by atoms with Crippen LogP contribution in [0.3, 0.4) is 0 Å². The fourth-order valence-electron chi connectivity index (χ4n) is 1.06. The van der Waals surface area contributed by atoms with Crippen LogP contribution in [0, 0.1) is 0 Å². The van der Waals surface area contributed by atoms with Crippen LogP contribution in [-0.4, -0.2) is 25.1 Å². The van der Waals surface area contributed by atoms with E-state index in [-0.39, 0.29) is 6.04 Å². The molecule has 2 aromatic rings. The zero-order valence-corrected chi connectivity index (χ0v) is 7.68. The van der Waals surface area contributed by atoms with Gasteiger partial charge >= 0.3 is 0 Å². The maximum absolute atomic E-state index is 4.04. The number of hydrogen-bond acceptors (Lipinski definition) is 5. The van der Waals surface area contributed by atoms with Crippen LogP contribution in [0.1, 0.15) is 18.8 Å². The van der Waals surface area contributed by atoms with Crippen molar-refractivity contribution in [2.45, 2.75) is 13.0 Å². The number of aromatic amines is 1. The molecule has 2 rings (SSSR count). The average molecular weight is 190 g/mol. The van der Waals surface area contributed by atoms with Gasteiger partial charge in [0, 0.05) is 12.4 Å². The number of rotatable bonds is 3. The lowest BCUT2D eigenvalue weighted by atomic mass is 10.3. The molecular formula is C8H10N6. The number of nitrogens with zero attached hydrogens (tertiary/aromatic N) is 4. The molecule has 72 valence electrons. The van der Waals surface area contributed by atoms with E-state index >= 15 is 0 Å². The van der Waals surface area contributed by atoms with E-state index < -0.39 is 0 Å². The van der Waals surface area contributed by atoms with Crippen molar-refractivity contribution in [2.75, 3.05) is 5.32 Å². The second-order valence-corrected chi connectivity index (χ2v) is 2.81. The minimum absolute atomic E-state index is 0.0138. The Balaban J connectivity index is 2.06. The Morgan fingerprint density at radius 3 is 2.71 bits per heavy atom. The van der Waals surface area contributed by atoms with Gasteiger partial charge in [0.15, 0.2) is 0 Å². The Kier molecular flexibility index (Phi) is 2.35. The third-order valence-electron chi connectivity index (χ3n) is 1.76. The maximum Gasteiger partial charge on any atom is 0.223 e. The summed E-state index contributed by atoms with van der Waals surface area (Å²) in [4.78, 5) is 12.1. The third kappa shape index (κ3) is 1.85. The van der Waals surface area contributed by atoms with Gasteiger partial charge in [-0.05, 0) is 13.0 Å².